The smallest absolute Gasteiger partial charge is 0.273 e. The summed E-state index contributed by atoms with van der Waals surface area (Å²) in [5.74, 6) is 0.431. The van der Waals surface area contributed by atoms with Crippen molar-refractivity contribution in [3.05, 3.63) is 52.9 Å². The quantitative estimate of drug-likeness (QED) is 0.409. The second kappa shape index (κ2) is 7.27. The van der Waals surface area contributed by atoms with Crippen LogP contribution in [0.4, 0.5) is 5.69 Å². The number of rotatable bonds is 7. The van der Waals surface area contributed by atoms with Crippen LogP contribution in [0.5, 0.6) is 0 Å². The number of nitrogens with one attached hydrogen (secondary N) is 1. The van der Waals surface area contributed by atoms with Gasteiger partial charge < -0.3 is 4.98 Å². The summed E-state index contributed by atoms with van der Waals surface area (Å²) >= 11 is 2.93. The molecule has 0 bridgehead atoms. The van der Waals surface area contributed by atoms with Crippen molar-refractivity contribution in [2.24, 2.45) is 5.92 Å². The maximum atomic E-state index is 13.4. The SMILES string of the molecule is CCc1cnc(-c2cc3cccc(N(CC4CC4)S(=O)(=O)c4cccs4)c3[nH]2)s1. The molecule has 0 amide bonds. The number of benzene rings is 1. The number of sulfonamides is 1. The van der Waals surface area contributed by atoms with E-state index in [1.807, 2.05) is 29.8 Å². The summed E-state index contributed by atoms with van der Waals surface area (Å²) in [6.07, 6.45) is 5.03. The molecule has 150 valence electrons. The van der Waals surface area contributed by atoms with Crippen LogP contribution in [-0.2, 0) is 16.4 Å². The van der Waals surface area contributed by atoms with Crippen LogP contribution >= 0.6 is 22.7 Å². The van der Waals surface area contributed by atoms with E-state index in [1.54, 1.807) is 27.8 Å². The van der Waals surface area contributed by atoms with Crippen LogP contribution in [-0.4, -0.2) is 24.9 Å². The lowest BCUT2D eigenvalue weighted by Gasteiger charge is -2.24. The Bertz CT molecular complexity index is 1250. The first-order chi connectivity index (χ1) is 14.1. The van der Waals surface area contributed by atoms with E-state index in [4.69, 9.17) is 0 Å². The van der Waals surface area contributed by atoms with Gasteiger partial charge in [0.25, 0.3) is 10.0 Å². The lowest BCUT2D eigenvalue weighted by atomic mass is 10.2. The summed E-state index contributed by atoms with van der Waals surface area (Å²) in [6, 6.07) is 11.4. The Hall–Kier alpha value is -2.16. The number of aromatic amines is 1. The summed E-state index contributed by atoms with van der Waals surface area (Å²) < 4.78 is 28.8. The average molecular weight is 444 g/mol. The molecule has 1 fully saturated rings. The molecule has 1 N–H and O–H groups in total. The monoisotopic (exact) mass is 443 g/mol. The molecule has 1 aliphatic carbocycles. The second-order valence-corrected chi connectivity index (χ2v) is 11.5. The van der Waals surface area contributed by atoms with Gasteiger partial charge in [-0.1, -0.05) is 25.1 Å². The Morgan fingerprint density at radius 3 is 2.79 bits per heavy atom. The number of H-pyrrole nitrogens is 1. The van der Waals surface area contributed by atoms with Crippen molar-refractivity contribution in [2.75, 3.05) is 10.8 Å². The highest BCUT2D eigenvalue weighted by Gasteiger charge is 2.33. The van der Waals surface area contributed by atoms with Crippen LogP contribution in [0.3, 0.4) is 0 Å². The minimum absolute atomic E-state index is 0.384. The third kappa shape index (κ3) is 3.49. The molecule has 5 rings (SSSR count). The fourth-order valence-electron chi connectivity index (χ4n) is 3.44. The Morgan fingerprint density at radius 2 is 2.10 bits per heavy atom. The number of aromatic nitrogens is 2. The molecule has 1 saturated carbocycles. The van der Waals surface area contributed by atoms with E-state index in [2.05, 4.69) is 23.0 Å². The first kappa shape index (κ1) is 18.8. The van der Waals surface area contributed by atoms with Crippen LogP contribution in [0.1, 0.15) is 24.6 Å². The van der Waals surface area contributed by atoms with E-state index in [9.17, 15) is 8.42 Å². The van der Waals surface area contributed by atoms with Gasteiger partial charge in [-0.2, -0.15) is 0 Å². The zero-order valence-corrected chi connectivity index (χ0v) is 18.4. The number of hydrogen-bond acceptors (Lipinski definition) is 5. The van der Waals surface area contributed by atoms with Gasteiger partial charge in [0, 0.05) is 23.0 Å². The average Bonchev–Trinajstić information content (AvgIpc) is 3.14. The van der Waals surface area contributed by atoms with Crippen molar-refractivity contribution in [3.63, 3.8) is 0 Å². The predicted octanol–water partition coefficient (Wildman–Crippen LogP) is 5.52. The lowest BCUT2D eigenvalue weighted by Crippen LogP contribution is -2.32. The van der Waals surface area contributed by atoms with E-state index < -0.39 is 10.0 Å². The summed E-state index contributed by atoms with van der Waals surface area (Å²) in [6.45, 7) is 2.64. The topological polar surface area (TPSA) is 66.1 Å². The van der Waals surface area contributed by atoms with Crippen LogP contribution in [0.2, 0.25) is 0 Å². The molecule has 0 atom stereocenters. The van der Waals surface area contributed by atoms with Crippen molar-refractivity contribution < 1.29 is 8.42 Å². The standard InChI is InChI=1S/C21H21N3O2S3/c1-2-16-12-22-21(28-16)17-11-15-5-3-6-18(20(15)23-17)24(13-14-8-9-14)29(25,26)19-7-4-10-27-19/h3-7,10-12,14,23H,2,8-9,13H2,1H3. The maximum Gasteiger partial charge on any atom is 0.273 e. The molecule has 1 aliphatic rings. The molecule has 0 aliphatic heterocycles. The molecule has 1 aromatic carbocycles. The highest BCUT2D eigenvalue weighted by molar-refractivity contribution is 7.94. The van der Waals surface area contributed by atoms with Crippen LogP contribution in [0, 0.1) is 5.92 Å². The molecule has 29 heavy (non-hydrogen) atoms. The van der Waals surface area contributed by atoms with Gasteiger partial charge in [-0.05, 0) is 48.8 Å². The van der Waals surface area contributed by atoms with E-state index >= 15 is 0 Å². The van der Waals surface area contributed by atoms with E-state index in [-0.39, 0.29) is 0 Å². The number of anilines is 1. The van der Waals surface area contributed by atoms with Crippen molar-refractivity contribution in [1.82, 2.24) is 9.97 Å². The highest BCUT2D eigenvalue weighted by Crippen LogP contribution is 2.39. The van der Waals surface area contributed by atoms with Gasteiger partial charge in [0.1, 0.15) is 9.22 Å². The number of hydrogen-bond donors (Lipinski definition) is 1. The number of nitrogens with zero attached hydrogens (tertiary/aromatic N) is 2. The van der Waals surface area contributed by atoms with E-state index in [0.29, 0.717) is 22.4 Å². The largest absolute Gasteiger partial charge is 0.351 e. The molecule has 8 heteroatoms. The van der Waals surface area contributed by atoms with Gasteiger partial charge in [-0.15, -0.1) is 22.7 Å². The molecular formula is C21H21N3O2S3. The van der Waals surface area contributed by atoms with Gasteiger partial charge in [0.2, 0.25) is 0 Å². The second-order valence-electron chi connectivity index (χ2n) is 7.32. The molecule has 4 aromatic rings. The fraction of sp³-hybridized carbons (Fsp3) is 0.286. The van der Waals surface area contributed by atoms with Gasteiger partial charge in [0.05, 0.1) is 16.9 Å². The van der Waals surface area contributed by atoms with Crippen LogP contribution in [0.15, 0.2) is 52.2 Å². The third-order valence-electron chi connectivity index (χ3n) is 5.20. The molecule has 0 radical (unpaired) electrons. The first-order valence-corrected chi connectivity index (χ1v) is 12.8. The minimum atomic E-state index is -3.59. The van der Waals surface area contributed by atoms with Crippen molar-refractivity contribution >= 4 is 49.3 Å². The van der Waals surface area contributed by atoms with Crippen LogP contribution in [0.25, 0.3) is 21.6 Å². The van der Waals surface area contributed by atoms with Crippen molar-refractivity contribution in [1.29, 1.82) is 0 Å². The third-order valence-corrected chi connectivity index (χ3v) is 9.52. The maximum absolute atomic E-state index is 13.4. The number of thiophene rings is 1. The lowest BCUT2D eigenvalue weighted by molar-refractivity contribution is 0.590. The number of fused-ring (bicyclic) bond motifs is 1. The van der Waals surface area contributed by atoms with Gasteiger partial charge >= 0.3 is 0 Å². The first-order valence-electron chi connectivity index (χ1n) is 9.69. The van der Waals surface area contributed by atoms with Crippen molar-refractivity contribution in [2.45, 2.75) is 30.4 Å². The van der Waals surface area contributed by atoms with Gasteiger partial charge in [0.15, 0.2) is 0 Å². The van der Waals surface area contributed by atoms with Crippen LogP contribution < -0.4 is 4.31 Å². The van der Waals surface area contributed by atoms with E-state index in [0.717, 1.165) is 40.9 Å². The molecular weight excluding hydrogens is 422 g/mol. The molecule has 3 heterocycles. The number of aryl methyl sites for hydroxylation is 1. The summed E-state index contributed by atoms with van der Waals surface area (Å²) in [5.41, 5.74) is 2.48. The molecule has 0 spiro atoms. The molecule has 0 unspecified atom stereocenters. The number of para-hydroxylation sites is 1. The van der Waals surface area contributed by atoms with Crippen molar-refractivity contribution in [3.8, 4) is 10.7 Å². The van der Waals surface area contributed by atoms with Gasteiger partial charge in [-0.25, -0.2) is 13.4 Å². The number of thiazole rings is 1. The van der Waals surface area contributed by atoms with E-state index in [1.165, 1.54) is 16.2 Å². The molecule has 0 saturated heterocycles. The highest BCUT2D eigenvalue weighted by atomic mass is 32.2. The fourth-order valence-corrected chi connectivity index (χ4v) is 6.92. The Morgan fingerprint density at radius 1 is 1.24 bits per heavy atom. The Balaban J connectivity index is 1.63. The zero-order valence-electron chi connectivity index (χ0n) is 16.0. The predicted molar refractivity (Wildman–Crippen MR) is 120 cm³/mol. The summed E-state index contributed by atoms with van der Waals surface area (Å²) in [4.78, 5) is 9.22. The molecule has 5 nitrogen and oxygen atoms in total. The summed E-state index contributed by atoms with van der Waals surface area (Å²) in [5, 5.41) is 3.73. The zero-order chi connectivity index (χ0) is 20.0. The molecule has 3 aromatic heterocycles. The summed E-state index contributed by atoms with van der Waals surface area (Å²) in [7, 11) is -3.59. The van der Waals surface area contributed by atoms with Gasteiger partial charge in [-0.3, -0.25) is 4.31 Å². The minimum Gasteiger partial charge on any atom is -0.351 e. The normalized spacial score (nSPS) is 14.5. The Labute approximate surface area is 178 Å². The Kier molecular flexibility index (Phi) is 4.72.